The number of rotatable bonds is 4. The Bertz CT molecular complexity index is 495. The topological polar surface area (TPSA) is 81.6 Å². The van der Waals surface area contributed by atoms with Crippen LogP contribution >= 0.6 is 0 Å². The molecule has 6 heteroatoms. The number of carbonyl (C=O) groups excluding carboxylic acids is 2. The van der Waals surface area contributed by atoms with E-state index in [1.54, 1.807) is 12.2 Å². The molecule has 1 N–H and O–H groups in total. The zero-order chi connectivity index (χ0) is 16.6. The monoisotopic (exact) mass is 253 g/mol. The van der Waals surface area contributed by atoms with Crippen molar-refractivity contribution in [1.82, 2.24) is 5.32 Å². The minimum Gasteiger partial charge on any atom is -0.846 e. The molecule has 5 nitrogen and oxygen atoms in total. The van der Waals surface area contributed by atoms with Gasteiger partial charge in [0, 0.05) is 6.85 Å². The molecule has 1 heterocycles. The summed E-state index contributed by atoms with van der Waals surface area (Å²) in [4.78, 5) is 27.5. The molecule has 0 aromatic carbocycles. The zero-order valence-corrected chi connectivity index (χ0v) is 12.2. The number of aliphatic imine (C=N–C) groups is 1. The van der Waals surface area contributed by atoms with Gasteiger partial charge < -0.3 is 10.4 Å². The van der Waals surface area contributed by atoms with E-state index in [2.05, 4.69) is 4.99 Å². The third-order valence-electron chi connectivity index (χ3n) is 2.78. The van der Waals surface area contributed by atoms with Crippen LogP contribution in [0.5, 0.6) is 0 Å². The standard InChI is InChI=1S/C11H18N2O3.Na/c1-4-6-7(3)11(5-2)8(14)12-10(16)13-9(11)15;/h7H,4-6H2,1-3H3,(H2,12,13,14,15,16);/q;+1/p-1/i2D3,5D2;. The van der Waals surface area contributed by atoms with Crippen LogP contribution in [-0.4, -0.2) is 17.8 Å². The van der Waals surface area contributed by atoms with Crippen LogP contribution in [0.25, 0.3) is 0 Å². The Balaban J connectivity index is 0.00000441. The van der Waals surface area contributed by atoms with Gasteiger partial charge in [-0.2, -0.15) is 0 Å². The Labute approximate surface area is 130 Å². The summed E-state index contributed by atoms with van der Waals surface area (Å²) in [6.45, 7) is -0.0591. The van der Waals surface area contributed by atoms with Crippen molar-refractivity contribution in [3.8, 4) is 0 Å². The van der Waals surface area contributed by atoms with Gasteiger partial charge >= 0.3 is 29.6 Å². The molecular weight excluding hydrogens is 231 g/mol. The molecule has 0 aliphatic carbocycles. The van der Waals surface area contributed by atoms with E-state index in [0.717, 1.165) is 0 Å². The molecule has 0 radical (unpaired) electrons. The van der Waals surface area contributed by atoms with Crippen molar-refractivity contribution in [3.63, 3.8) is 0 Å². The molecule has 0 spiro atoms. The van der Waals surface area contributed by atoms with Crippen LogP contribution in [0, 0.1) is 11.3 Å². The molecule has 2 atom stereocenters. The summed E-state index contributed by atoms with van der Waals surface area (Å²) in [5.74, 6) is -3.50. The predicted molar refractivity (Wildman–Crippen MR) is 57.4 cm³/mol. The first-order chi connectivity index (χ1) is 9.42. The third kappa shape index (κ3) is 2.89. The van der Waals surface area contributed by atoms with Crippen molar-refractivity contribution in [1.29, 1.82) is 0 Å². The van der Waals surface area contributed by atoms with Gasteiger partial charge in [-0.05, 0) is 18.7 Å². The average Bonchev–Trinajstić information content (AvgIpc) is 2.26. The molecule has 0 aromatic rings. The molecule has 0 aromatic heterocycles. The summed E-state index contributed by atoms with van der Waals surface area (Å²) >= 11 is 0. The maximum Gasteiger partial charge on any atom is 1.00 e. The summed E-state index contributed by atoms with van der Waals surface area (Å²) in [7, 11) is 0. The van der Waals surface area contributed by atoms with Gasteiger partial charge in [0.2, 0.25) is 5.91 Å². The van der Waals surface area contributed by atoms with Crippen LogP contribution < -0.4 is 40.0 Å². The molecule has 2 amide bonds. The van der Waals surface area contributed by atoms with Crippen molar-refractivity contribution in [2.24, 2.45) is 16.3 Å². The molecule has 90 valence electrons. The third-order valence-corrected chi connectivity index (χ3v) is 2.78. The quantitative estimate of drug-likeness (QED) is 0.434. The molecule has 0 saturated carbocycles. The molecule has 1 aliphatic rings. The molecule has 17 heavy (non-hydrogen) atoms. The van der Waals surface area contributed by atoms with Crippen LogP contribution in [0.2, 0.25) is 0 Å². The zero-order valence-electron chi connectivity index (χ0n) is 15.2. The Morgan fingerprint density at radius 1 is 1.65 bits per heavy atom. The first-order valence-corrected chi connectivity index (χ1v) is 5.04. The van der Waals surface area contributed by atoms with E-state index in [9.17, 15) is 14.7 Å². The molecule has 2 unspecified atom stereocenters. The second-order valence-electron chi connectivity index (χ2n) is 3.80. The van der Waals surface area contributed by atoms with Crippen molar-refractivity contribution < 1.29 is 51.1 Å². The van der Waals surface area contributed by atoms with E-state index in [0.29, 0.717) is 6.42 Å². The van der Waals surface area contributed by atoms with Gasteiger partial charge in [0.15, 0.2) is 0 Å². The molecule has 0 fully saturated rings. The van der Waals surface area contributed by atoms with Gasteiger partial charge in [0.25, 0.3) is 5.91 Å². The molecule has 1 rings (SSSR count). The van der Waals surface area contributed by atoms with Crippen LogP contribution in [0.15, 0.2) is 4.99 Å². The van der Waals surface area contributed by atoms with E-state index >= 15 is 0 Å². The van der Waals surface area contributed by atoms with E-state index in [1.165, 1.54) is 6.92 Å². The number of hydrogen-bond donors (Lipinski definition) is 1. The number of hydrogen-bond acceptors (Lipinski definition) is 3. The van der Waals surface area contributed by atoms with Gasteiger partial charge in [0.1, 0.15) is 5.41 Å². The largest absolute Gasteiger partial charge is 1.00 e. The Morgan fingerprint density at radius 2 is 2.29 bits per heavy atom. The first kappa shape index (κ1) is 9.53. The fourth-order valence-electron chi connectivity index (χ4n) is 1.82. The average molecular weight is 253 g/mol. The first-order valence-electron chi connectivity index (χ1n) is 7.54. The second kappa shape index (κ2) is 6.52. The number of nitrogens with one attached hydrogen (secondary N) is 1. The van der Waals surface area contributed by atoms with E-state index in [4.69, 9.17) is 6.85 Å². The summed E-state index contributed by atoms with van der Waals surface area (Å²) in [5.41, 5.74) is -2.54. The van der Waals surface area contributed by atoms with Crippen LogP contribution in [0.1, 0.15) is 46.8 Å². The maximum atomic E-state index is 12.2. The fraction of sp³-hybridized carbons (Fsp3) is 0.727. The summed E-state index contributed by atoms with van der Waals surface area (Å²) in [6, 6.07) is -1.20. The number of amides is 2. The van der Waals surface area contributed by atoms with Crippen LogP contribution in [0.4, 0.5) is 0 Å². The number of nitrogens with zero attached hydrogens (tertiary/aromatic N) is 1. The van der Waals surface area contributed by atoms with E-state index in [-0.39, 0.29) is 36.0 Å². The predicted octanol–water partition coefficient (Wildman–Crippen LogP) is -2.80. The minimum absolute atomic E-state index is 0. The molecule has 1 aliphatic heterocycles. The maximum absolute atomic E-state index is 12.2. The number of carbonyl (C=O) groups is 2. The summed E-state index contributed by atoms with van der Waals surface area (Å²) in [6.07, 6.45) is -2.41. The molecular formula is C11H17N2NaO3. The van der Waals surface area contributed by atoms with Crippen molar-refractivity contribution in [2.45, 2.75) is 39.9 Å². The Kier molecular flexibility index (Phi) is 3.65. The smallest absolute Gasteiger partial charge is 0.846 e. The Morgan fingerprint density at radius 3 is 2.76 bits per heavy atom. The fourth-order valence-corrected chi connectivity index (χ4v) is 1.82. The van der Waals surface area contributed by atoms with Gasteiger partial charge in [-0.15, -0.1) is 0 Å². The van der Waals surface area contributed by atoms with Crippen LogP contribution in [0.3, 0.4) is 0 Å². The second-order valence-corrected chi connectivity index (χ2v) is 3.80. The SMILES string of the molecule is [2H]C([2H])([2H])C([2H])([2H])C1(C(C)CCC)C(=O)N=C([O-])NC1=O.[Na+]. The van der Waals surface area contributed by atoms with E-state index in [1.807, 2.05) is 0 Å². The van der Waals surface area contributed by atoms with Gasteiger partial charge in [-0.3, -0.25) is 9.59 Å². The molecule has 0 bridgehead atoms. The van der Waals surface area contributed by atoms with Gasteiger partial charge in [-0.1, -0.05) is 27.1 Å². The summed E-state index contributed by atoms with van der Waals surface area (Å²) in [5, 5.41) is 12.9. The molecule has 0 saturated heterocycles. The minimum atomic E-state index is -3.22. The van der Waals surface area contributed by atoms with Crippen molar-refractivity contribution in [2.75, 3.05) is 0 Å². The number of amidine groups is 1. The summed E-state index contributed by atoms with van der Waals surface area (Å²) < 4.78 is 37.9. The van der Waals surface area contributed by atoms with Gasteiger partial charge in [0.05, 0.1) is 6.02 Å². The normalized spacial score (nSPS) is 31.6. The van der Waals surface area contributed by atoms with Crippen molar-refractivity contribution in [3.05, 3.63) is 0 Å². The van der Waals surface area contributed by atoms with E-state index < -0.39 is 42.4 Å². The van der Waals surface area contributed by atoms with Gasteiger partial charge in [-0.25, -0.2) is 4.99 Å². The van der Waals surface area contributed by atoms with Crippen LogP contribution in [-0.2, 0) is 9.59 Å². The van der Waals surface area contributed by atoms with Crippen molar-refractivity contribution >= 4 is 17.8 Å². The Hall–Kier alpha value is -0.390.